The van der Waals surface area contributed by atoms with E-state index >= 15 is 0 Å². The van der Waals surface area contributed by atoms with Crippen molar-refractivity contribution >= 4 is 11.6 Å². The summed E-state index contributed by atoms with van der Waals surface area (Å²) in [5, 5.41) is 0.538. The van der Waals surface area contributed by atoms with E-state index in [-0.39, 0.29) is 0 Å². The second-order valence-electron chi connectivity index (χ2n) is 4.06. The summed E-state index contributed by atoms with van der Waals surface area (Å²) in [6.07, 6.45) is 8.64. The first-order valence-corrected chi connectivity index (χ1v) is 5.94. The molecule has 1 aromatic rings. The Morgan fingerprint density at radius 2 is 2.07 bits per heavy atom. The summed E-state index contributed by atoms with van der Waals surface area (Å²) in [5.41, 5.74) is 1.10. The van der Waals surface area contributed by atoms with Crippen LogP contribution in [-0.2, 0) is 11.3 Å². The molecule has 3 heteroatoms. The van der Waals surface area contributed by atoms with Crippen LogP contribution in [0.15, 0.2) is 18.3 Å². The van der Waals surface area contributed by atoms with Crippen molar-refractivity contribution in [1.29, 1.82) is 0 Å². The number of nitrogens with zero attached hydrogens (tertiary/aromatic N) is 1. The van der Waals surface area contributed by atoms with Crippen LogP contribution >= 0.6 is 11.6 Å². The minimum Gasteiger partial charge on any atom is -0.373 e. The normalized spacial score (nSPS) is 17.9. The molecule has 0 N–H and O–H groups in total. The number of pyridine rings is 1. The fourth-order valence-corrected chi connectivity index (χ4v) is 2.05. The Kier molecular flexibility index (Phi) is 3.98. The first-order valence-electron chi connectivity index (χ1n) is 5.56. The lowest BCUT2D eigenvalue weighted by Gasteiger charge is -2.21. The van der Waals surface area contributed by atoms with Gasteiger partial charge in [0.2, 0.25) is 0 Å². The summed E-state index contributed by atoms with van der Waals surface area (Å²) in [4.78, 5) is 4.03. The molecule has 0 atom stereocenters. The molecule has 1 aliphatic rings. The van der Waals surface area contributed by atoms with Gasteiger partial charge in [-0.2, -0.15) is 0 Å². The van der Waals surface area contributed by atoms with Crippen LogP contribution in [0.2, 0.25) is 5.15 Å². The van der Waals surface area contributed by atoms with E-state index in [1.54, 1.807) is 12.3 Å². The second-order valence-corrected chi connectivity index (χ2v) is 4.45. The van der Waals surface area contributed by atoms with Crippen molar-refractivity contribution in [1.82, 2.24) is 4.98 Å². The summed E-state index contributed by atoms with van der Waals surface area (Å²) in [6.45, 7) is 0.662. The molecule has 0 aromatic carbocycles. The van der Waals surface area contributed by atoms with Gasteiger partial charge >= 0.3 is 0 Å². The van der Waals surface area contributed by atoms with E-state index in [9.17, 15) is 0 Å². The summed E-state index contributed by atoms with van der Waals surface area (Å²) >= 11 is 5.71. The van der Waals surface area contributed by atoms with E-state index in [1.807, 2.05) is 6.07 Å². The molecule has 1 saturated carbocycles. The van der Waals surface area contributed by atoms with Gasteiger partial charge in [-0.15, -0.1) is 0 Å². The number of rotatable bonds is 3. The molecule has 0 bridgehead atoms. The number of halogens is 1. The van der Waals surface area contributed by atoms with Gasteiger partial charge in [0, 0.05) is 6.20 Å². The Morgan fingerprint density at radius 3 is 2.73 bits per heavy atom. The average Bonchev–Trinajstić information content (AvgIpc) is 2.30. The van der Waals surface area contributed by atoms with Crippen molar-refractivity contribution in [2.24, 2.45) is 0 Å². The molecule has 0 spiro atoms. The summed E-state index contributed by atoms with van der Waals surface area (Å²) in [5.74, 6) is 0. The van der Waals surface area contributed by atoms with Gasteiger partial charge in [-0.1, -0.05) is 36.9 Å². The molecule has 2 nitrogen and oxygen atoms in total. The molecular formula is C12H16ClNO. The van der Waals surface area contributed by atoms with E-state index in [2.05, 4.69) is 4.98 Å². The maximum atomic E-state index is 5.83. The Bertz CT molecular complexity index is 293. The van der Waals surface area contributed by atoms with Crippen LogP contribution in [0.3, 0.4) is 0 Å². The third kappa shape index (κ3) is 3.47. The highest BCUT2D eigenvalue weighted by Crippen LogP contribution is 2.21. The summed E-state index contributed by atoms with van der Waals surface area (Å²) in [7, 11) is 0. The lowest BCUT2D eigenvalue weighted by molar-refractivity contribution is 0.0167. The van der Waals surface area contributed by atoms with Crippen LogP contribution in [0.25, 0.3) is 0 Å². The first kappa shape index (κ1) is 10.9. The lowest BCUT2D eigenvalue weighted by atomic mass is 9.98. The van der Waals surface area contributed by atoms with Crippen LogP contribution in [0.1, 0.15) is 37.7 Å². The van der Waals surface area contributed by atoms with Crippen molar-refractivity contribution in [3.63, 3.8) is 0 Å². The Labute approximate surface area is 95.6 Å². The van der Waals surface area contributed by atoms with Crippen LogP contribution in [0.5, 0.6) is 0 Å². The van der Waals surface area contributed by atoms with Crippen LogP contribution in [0, 0.1) is 0 Å². The molecule has 0 aliphatic heterocycles. The third-order valence-corrected chi connectivity index (χ3v) is 3.05. The molecular weight excluding hydrogens is 210 g/mol. The molecule has 0 radical (unpaired) electrons. The molecule has 2 rings (SSSR count). The predicted octanol–water partition coefficient (Wildman–Crippen LogP) is 3.58. The van der Waals surface area contributed by atoms with E-state index in [0.717, 1.165) is 5.56 Å². The van der Waals surface area contributed by atoms with Gasteiger partial charge in [0.25, 0.3) is 0 Å². The van der Waals surface area contributed by atoms with Gasteiger partial charge in [0.1, 0.15) is 5.15 Å². The van der Waals surface area contributed by atoms with Crippen LogP contribution < -0.4 is 0 Å². The Morgan fingerprint density at radius 1 is 1.27 bits per heavy atom. The monoisotopic (exact) mass is 225 g/mol. The minimum atomic E-state index is 0.453. The fourth-order valence-electron chi connectivity index (χ4n) is 1.94. The number of hydrogen-bond donors (Lipinski definition) is 0. The highest BCUT2D eigenvalue weighted by atomic mass is 35.5. The van der Waals surface area contributed by atoms with Gasteiger partial charge in [0.05, 0.1) is 12.7 Å². The van der Waals surface area contributed by atoms with E-state index in [4.69, 9.17) is 16.3 Å². The quantitative estimate of drug-likeness (QED) is 0.734. The maximum Gasteiger partial charge on any atom is 0.129 e. The number of ether oxygens (including phenoxy) is 1. The molecule has 15 heavy (non-hydrogen) atoms. The van der Waals surface area contributed by atoms with Crippen molar-refractivity contribution in [2.45, 2.75) is 44.8 Å². The predicted molar refractivity (Wildman–Crippen MR) is 60.9 cm³/mol. The van der Waals surface area contributed by atoms with E-state index in [0.29, 0.717) is 17.9 Å². The van der Waals surface area contributed by atoms with Gasteiger partial charge in [-0.05, 0) is 24.5 Å². The Hall–Kier alpha value is -0.600. The second kappa shape index (κ2) is 5.47. The SMILES string of the molecule is Clc1ccc(COC2CCCCC2)cn1. The largest absolute Gasteiger partial charge is 0.373 e. The third-order valence-electron chi connectivity index (χ3n) is 2.83. The average molecular weight is 226 g/mol. The first-order chi connectivity index (χ1) is 7.34. The minimum absolute atomic E-state index is 0.453. The smallest absolute Gasteiger partial charge is 0.129 e. The standard InChI is InChI=1S/C12H16ClNO/c13-12-7-6-10(8-14-12)9-15-11-4-2-1-3-5-11/h6-8,11H,1-5,9H2. The molecule has 0 amide bonds. The molecule has 1 heterocycles. The fraction of sp³-hybridized carbons (Fsp3) is 0.583. The highest BCUT2D eigenvalue weighted by Gasteiger charge is 2.13. The van der Waals surface area contributed by atoms with E-state index in [1.165, 1.54) is 32.1 Å². The zero-order valence-electron chi connectivity index (χ0n) is 8.79. The molecule has 82 valence electrons. The van der Waals surface area contributed by atoms with Gasteiger partial charge in [0.15, 0.2) is 0 Å². The van der Waals surface area contributed by atoms with Crippen molar-refractivity contribution in [3.8, 4) is 0 Å². The van der Waals surface area contributed by atoms with Crippen LogP contribution in [0.4, 0.5) is 0 Å². The molecule has 0 saturated heterocycles. The van der Waals surface area contributed by atoms with Crippen molar-refractivity contribution < 1.29 is 4.74 Å². The molecule has 1 aliphatic carbocycles. The van der Waals surface area contributed by atoms with Gasteiger partial charge < -0.3 is 4.74 Å². The van der Waals surface area contributed by atoms with Crippen LogP contribution in [-0.4, -0.2) is 11.1 Å². The van der Waals surface area contributed by atoms with E-state index < -0.39 is 0 Å². The van der Waals surface area contributed by atoms with Gasteiger partial charge in [-0.25, -0.2) is 4.98 Å². The molecule has 1 aromatic heterocycles. The molecule has 1 fully saturated rings. The van der Waals surface area contributed by atoms with Crippen molar-refractivity contribution in [3.05, 3.63) is 29.0 Å². The zero-order chi connectivity index (χ0) is 10.5. The summed E-state index contributed by atoms with van der Waals surface area (Å²) < 4.78 is 5.83. The highest BCUT2D eigenvalue weighted by molar-refractivity contribution is 6.29. The van der Waals surface area contributed by atoms with Crippen molar-refractivity contribution in [2.75, 3.05) is 0 Å². The number of hydrogen-bond acceptors (Lipinski definition) is 2. The Balaban J connectivity index is 1.79. The van der Waals surface area contributed by atoms with Gasteiger partial charge in [-0.3, -0.25) is 0 Å². The number of aromatic nitrogens is 1. The maximum absolute atomic E-state index is 5.83. The lowest BCUT2D eigenvalue weighted by Crippen LogP contribution is -2.16. The summed E-state index contributed by atoms with van der Waals surface area (Å²) in [6, 6.07) is 3.78. The zero-order valence-corrected chi connectivity index (χ0v) is 9.54. The topological polar surface area (TPSA) is 22.1 Å². The molecule has 0 unspecified atom stereocenters.